The number of esters is 2. The Morgan fingerprint density at radius 1 is 0.435 bits per heavy atom. The van der Waals surface area contributed by atoms with Crippen LogP contribution in [-0.4, -0.2) is 38.7 Å². The molecule has 0 N–H and O–H groups in total. The molecule has 0 aliphatic carbocycles. The van der Waals surface area contributed by atoms with E-state index in [0.29, 0.717) is 19.3 Å². The summed E-state index contributed by atoms with van der Waals surface area (Å²) in [5, 5.41) is 0. The van der Waals surface area contributed by atoms with Crippen molar-refractivity contribution in [1.82, 2.24) is 0 Å². The predicted molar refractivity (Wildman–Crippen MR) is 192 cm³/mol. The molecule has 0 amide bonds. The molecule has 6 nitrogen and oxygen atoms in total. The van der Waals surface area contributed by atoms with Gasteiger partial charge >= 0.3 is 11.9 Å². The first-order valence-electron chi connectivity index (χ1n) is 19.2. The third-order valence-corrected chi connectivity index (χ3v) is 8.83. The molecule has 0 bridgehead atoms. The smallest absolute Gasteiger partial charge is 0.305 e. The molecule has 0 aromatic heterocycles. The number of carbonyl (C=O) groups excluding carboxylic acids is 3. The third kappa shape index (κ3) is 34.8. The number of hydrogen-bond acceptors (Lipinski definition) is 6. The number of unbranched alkanes of at least 4 members (excludes halogenated alkanes) is 22. The first-order chi connectivity index (χ1) is 22.6. The molecule has 0 atom stereocenters. The normalized spacial score (nSPS) is 11.5. The largest absolute Gasteiger partial charge is 0.469 e. The molecular formula is C40H72O6. The highest BCUT2D eigenvalue weighted by molar-refractivity contribution is 5.69. The maximum atomic E-state index is 11.1. The average Bonchev–Trinajstić information content (AvgIpc) is 3.06. The van der Waals surface area contributed by atoms with Crippen molar-refractivity contribution >= 4 is 18.4 Å². The second kappa shape index (κ2) is 37.3. The van der Waals surface area contributed by atoms with E-state index in [1.165, 1.54) is 143 Å². The number of hydrogen-bond donors (Lipinski definition) is 0. The van der Waals surface area contributed by atoms with E-state index in [1.54, 1.807) is 0 Å². The summed E-state index contributed by atoms with van der Waals surface area (Å²) in [5.41, 5.74) is 0. The summed E-state index contributed by atoms with van der Waals surface area (Å²) in [4.78, 5) is 33.1. The highest BCUT2D eigenvalue weighted by atomic mass is 16.5. The van der Waals surface area contributed by atoms with Gasteiger partial charge in [-0.1, -0.05) is 114 Å². The fourth-order valence-corrected chi connectivity index (χ4v) is 5.84. The first kappa shape index (κ1) is 43.9. The Labute approximate surface area is 283 Å². The van der Waals surface area contributed by atoms with E-state index in [4.69, 9.17) is 4.74 Å². The maximum Gasteiger partial charge on any atom is 0.305 e. The molecule has 0 spiro atoms. The average molecular weight is 649 g/mol. The Balaban J connectivity index is 3.47. The minimum atomic E-state index is -0.0926. The number of rotatable bonds is 36. The second-order valence-electron chi connectivity index (χ2n) is 13.0. The van der Waals surface area contributed by atoms with Crippen molar-refractivity contribution < 1.29 is 28.6 Å². The predicted octanol–water partition coefficient (Wildman–Crippen LogP) is 11.7. The van der Waals surface area contributed by atoms with Gasteiger partial charge in [0.25, 0.3) is 6.47 Å². The van der Waals surface area contributed by atoms with Crippen molar-refractivity contribution in [2.45, 2.75) is 199 Å². The number of carbonyl (C=O) groups is 3. The molecule has 0 aliphatic rings. The molecule has 0 heterocycles. The molecule has 46 heavy (non-hydrogen) atoms. The van der Waals surface area contributed by atoms with Crippen molar-refractivity contribution in [1.29, 1.82) is 0 Å². The summed E-state index contributed by atoms with van der Waals surface area (Å²) >= 11 is 0. The van der Waals surface area contributed by atoms with Crippen LogP contribution in [0.15, 0.2) is 24.3 Å². The molecule has 6 heteroatoms. The molecule has 0 rings (SSSR count). The molecule has 0 fully saturated rings. The monoisotopic (exact) mass is 649 g/mol. The lowest BCUT2D eigenvalue weighted by atomic mass is 10.0. The fraction of sp³-hybridized carbons (Fsp3) is 0.825. The molecule has 0 unspecified atom stereocenters. The minimum absolute atomic E-state index is 0.0926. The van der Waals surface area contributed by atoms with E-state index < -0.39 is 0 Å². The van der Waals surface area contributed by atoms with Crippen molar-refractivity contribution in [2.75, 3.05) is 14.2 Å². The van der Waals surface area contributed by atoms with E-state index in [9.17, 15) is 14.4 Å². The fourth-order valence-electron chi connectivity index (χ4n) is 5.84. The van der Waals surface area contributed by atoms with Crippen LogP contribution in [0.3, 0.4) is 0 Å². The lowest BCUT2D eigenvalue weighted by molar-refractivity contribution is -0.141. The molecule has 0 radical (unpaired) electrons. The maximum absolute atomic E-state index is 11.1. The van der Waals surface area contributed by atoms with E-state index in [1.807, 2.05) is 0 Å². The Kier molecular flexibility index (Phi) is 35.6. The molecule has 268 valence electrons. The van der Waals surface area contributed by atoms with Crippen molar-refractivity contribution in [3.05, 3.63) is 24.3 Å². The van der Waals surface area contributed by atoms with Crippen LogP contribution in [0, 0.1) is 0 Å². The van der Waals surface area contributed by atoms with Crippen LogP contribution < -0.4 is 0 Å². The SMILES string of the molecule is COC(=O)CCCCCCC/C=C\CCCCCCCCC(CCCCCCCC/C=C\CCCCCCCC(=O)OC)OC=O. The zero-order valence-electron chi connectivity index (χ0n) is 30.1. The zero-order chi connectivity index (χ0) is 33.6. The molecular weight excluding hydrogens is 576 g/mol. The number of methoxy groups -OCH3 is 2. The van der Waals surface area contributed by atoms with Gasteiger partial charge in [0.05, 0.1) is 14.2 Å². The summed E-state index contributed by atoms with van der Waals surface area (Å²) in [6.45, 7) is 0.646. The lowest BCUT2D eigenvalue weighted by Gasteiger charge is -2.15. The van der Waals surface area contributed by atoms with Gasteiger partial charge in [-0.25, -0.2) is 0 Å². The van der Waals surface area contributed by atoms with Gasteiger partial charge in [0.15, 0.2) is 0 Å². The molecule has 0 aliphatic heterocycles. The van der Waals surface area contributed by atoms with Crippen LogP contribution in [-0.2, 0) is 28.6 Å². The van der Waals surface area contributed by atoms with Crippen molar-refractivity contribution in [3.8, 4) is 0 Å². The number of allylic oxidation sites excluding steroid dienone is 4. The van der Waals surface area contributed by atoms with Gasteiger partial charge in [0.1, 0.15) is 6.10 Å². The Morgan fingerprint density at radius 2 is 0.717 bits per heavy atom. The van der Waals surface area contributed by atoms with E-state index >= 15 is 0 Å². The van der Waals surface area contributed by atoms with Crippen LogP contribution in [0.5, 0.6) is 0 Å². The van der Waals surface area contributed by atoms with Gasteiger partial charge in [-0.15, -0.1) is 0 Å². The summed E-state index contributed by atoms with van der Waals surface area (Å²) < 4.78 is 14.7. The van der Waals surface area contributed by atoms with Crippen LogP contribution in [0.1, 0.15) is 193 Å². The second-order valence-corrected chi connectivity index (χ2v) is 13.0. The van der Waals surface area contributed by atoms with Gasteiger partial charge in [0, 0.05) is 12.8 Å². The first-order valence-corrected chi connectivity index (χ1v) is 19.2. The quantitative estimate of drug-likeness (QED) is 0.0221. The van der Waals surface area contributed by atoms with Gasteiger partial charge in [-0.2, -0.15) is 0 Å². The highest BCUT2D eigenvalue weighted by Crippen LogP contribution is 2.17. The molecule has 0 aromatic carbocycles. The topological polar surface area (TPSA) is 78.9 Å². The van der Waals surface area contributed by atoms with E-state index in [2.05, 4.69) is 33.8 Å². The Bertz CT molecular complexity index is 675. The van der Waals surface area contributed by atoms with E-state index in [-0.39, 0.29) is 18.0 Å². The minimum Gasteiger partial charge on any atom is -0.469 e. The van der Waals surface area contributed by atoms with Crippen LogP contribution >= 0.6 is 0 Å². The Morgan fingerprint density at radius 3 is 1.02 bits per heavy atom. The van der Waals surface area contributed by atoms with Gasteiger partial charge in [-0.3, -0.25) is 14.4 Å². The standard InChI is InChI=1S/C40H72O6/c1-44-39(42)35-31-27-23-19-15-11-7-3-5-9-13-17-21-25-29-33-38(46-37-41)34-30-26-22-18-14-10-6-4-8-12-16-20-24-28-32-36-40(43)45-2/h3-4,7-8,37-38H,5-6,9-36H2,1-2H3/b7-3-,8-4-. The number of ether oxygens (including phenoxy) is 3. The van der Waals surface area contributed by atoms with Gasteiger partial charge in [-0.05, 0) is 89.9 Å². The van der Waals surface area contributed by atoms with Crippen molar-refractivity contribution in [2.24, 2.45) is 0 Å². The van der Waals surface area contributed by atoms with Crippen LogP contribution in [0.25, 0.3) is 0 Å². The summed E-state index contributed by atoms with van der Waals surface area (Å²) in [6.07, 6.45) is 44.0. The molecule has 0 saturated carbocycles. The summed E-state index contributed by atoms with van der Waals surface area (Å²) in [6, 6.07) is 0. The molecule has 0 aromatic rings. The van der Waals surface area contributed by atoms with Gasteiger partial charge < -0.3 is 14.2 Å². The highest BCUT2D eigenvalue weighted by Gasteiger charge is 2.09. The lowest BCUT2D eigenvalue weighted by Crippen LogP contribution is -2.12. The van der Waals surface area contributed by atoms with Crippen LogP contribution in [0.2, 0.25) is 0 Å². The summed E-state index contributed by atoms with van der Waals surface area (Å²) in [5.74, 6) is -0.185. The zero-order valence-corrected chi connectivity index (χ0v) is 30.1. The summed E-state index contributed by atoms with van der Waals surface area (Å²) in [7, 11) is 2.91. The third-order valence-electron chi connectivity index (χ3n) is 8.83. The van der Waals surface area contributed by atoms with E-state index in [0.717, 1.165) is 51.4 Å². The van der Waals surface area contributed by atoms with Gasteiger partial charge in [0.2, 0.25) is 0 Å². The molecule has 0 saturated heterocycles. The van der Waals surface area contributed by atoms with Crippen LogP contribution in [0.4, 0.5) is 0 Å². The Hall–Kier alpha value is -2.11. The van der Waals surface area contributed by atoms with Crippen molar-refractivity contribution in [3.63, 3.8) is 0 Å².